The first-order valence-electron chi connectivity index (χ1n) is 13.8. The fourth-order valence-electron chi connectivity index (χ4n) is 4.22. The van der Waals surface area contributed by atoms with Crippen LogP contribution in [0, 0.1) is 5.92 Å². The highest BCUT2D eigenvalue weighted by atomic mass is 16.5. The maximum absolute atomic E-state index is 12.8. The van der Waals surface area contributed by atoms with Crippen molar-refractivity contribution >= 4 is 29.0 Å². The first kappa shape index (κ1) is 21.9. The van der Waals surface area contributed by atoms with Crippen molar-refractivity contribution in [2.24, 2.45) is 5.92 Å². The second-order valence-corrected chi connectivity index (χ2v) is 9.24. The molecule has 2 aliphatic rings. The van der Waals surface area contributed by atoms with Gasteiger partial charge >= 0.3 is 0 Å². The third kappa shape index (κ3) is 5.73. The topological polar surface area (TPSA) is 168 Å². The molecule has 0 atom stereocenters. The Morgan fingerprint density at radius 3 is 2.76 bits per heavy atom. The van der Waals surface area contributed by atoms with E-state index in [4.69, 9.17) is 13.4 Å². The van der Waals surface area contributed by atoms with Crippen LogP contribution in [0.25, 0.3) is 11.4 Å². The molecule has 5 rings (SSSR count). The molecule has 2 aromatic heterocycles. The van der Waals surface area contributed by atoms with Gasteiger partial charge in [0.05, 0.1) is 36.7 Å². The number of carbonyl (C=O) groups is 2. The summed E-state index contributed by atoms with van der Waals surface area (Å²) in [6.45, 7) is -0.860. The predicted octanol–water partition coefficient (Wildman–Crippen LogP) is 1.94. The van der Waals surface area contributed by atoms with Crippen molar-refractivity contribution in [3.05, 3.63) is 35.9 Å². The van der Waals surface area contributed by atoms with E-state index in [0.29, 0.717) is 42.3 Å². The molecule has 13 nitrogen and oxygen atoms in total. The molecule has 0 bridgehead atoms. The molecule has 1 aromatic carbocycles. The minimum atomic E-state index is -2.75. The number of carbonyl (C=O) groups excluding carboxylic acids is 2. The zero-order valence-electron chi connectivity index (χ0n) is 23.7. The van der Waals surface area contributed by atoms with Gasteiger partial charge in [-0.1, -0.05) is 11.2 Å². The maximum Gasteiger partial charge on any atom is 0.273 e. The van der Waals surface area contributed by atoms with Gasteiger partial charge in [-0.3, -0.25) is 14.5 Å². The molecule has 4 N–H and O–H groups in total. The highest BCUT2D eigenvalue weighted by Crippen LogP contribution is 2.37. The van der Waals surface area contributed by atoms with E-state index in [-0.39, 0.29) is 41.0 Å². The van der Waals surface area contributed by atoms with Gasteiger partial charge in [0.25, 0.3) is 5.91 Å². The minimum absolute atomic E-state index is 0.0874. The van der Waals surface area contributed by atoms with Crippen molar-refractivity contribution in [3.63, 3.8) is 0 Å². The molecule has 2 fully saturated rings. The van der Waals surface area contributed by atoms with E-state index in [0.717, 1.165) is 25.9 Å². The molecule has 3 aromatic rings. The Morgan fingerprint density at radius 1 is 1.21 bits per heavy atom. The summed E-state index contributed by atoms with van der Waals surface area (Å²) >= 11 is 0. The Kier molecular flexibility index (Phi) is 6.41. The van der Waals surface area contributed by atoms with E-state index in [1.807, 2.05) is 5.32 Å². The predicted molar refractivity (Wildman–Crippen MR) is 137 cm³/mol. The number of rotatable bonds is 9. The number of piperidine rings is 1. The number of ether oxygens (including phenoxy) is 1. The van der Waals surface area contributed by atoms with Gasteiger partial charge in [0.15, 0.2) is 17.3 Å². The van der Waals surface area contributed by atoms with Crippen LogP contribution in [0.5, 0.6) is 5.75 Å². The van der Waals surface area contributed by atoms with E-state index >= 15 is 0 Å². The van der Waals surface area contributed by atoms with Gasteiger partial charge < -0.3 is 30.3 Å². The van der Waals surface area contributed by atoms with Crippen LogP contribution in [0.15, 0.2) is 28.8 Å². The molecular weight excluding hydrogens is 492 g/mol. The number of amides is 2. The lowest BCUT2D eigenvalue weighted by atomic mass is 10.1. The fourth-order valence-corrected chi connectivity index (χ4v) is 4.22. The van der Waals surface area contributed by atoms with Crippen LogP contribution in [-0.2, 0) is 11.3 Å². The largest absolute Gasteiger partial charge is 0.494 e. The quantitative estimate of drug-likeness (QED) is 0.322. The summed E-state index contributed by atoms with van der Waals surface area (Å²) in [5.74, 6) is -0.175. The van der Waals surface area contributed by atoms with Crippen LogP contribution in [0.2, 0.25) is 0 Å². The van der Waals surface area contributed by atoms with Crippen molar-refractivity contribution in [1.29, 1.82) is 0 Å². The first-order valence-corrected chi connectivity index (χ1v) is 12.3. The Hall–Kier alpha value is -4.10. The maximum atomic E-state index is 12.8. The highest BCUT2D eigenvalue weighted by Gasteiger charge is 2.30. The second kappa shape index (κ2) is 11.1. The lowest BCUT2D eigenvalue weighted by molar-refractivity contribution is -0.117. The van der Waals surface area contributed by atoms with Gasteiger partial charge in [-0.2, -0.15) is 4.98 Å². The number of anilines is 3. The zero-order valence-corrected chi connectivity index (χ0v) is 20.7. The molecule has 1 aliphatic carbocycles. The van der Waals surface area contributed by atoms with E-state index in [1.54, 1.807) is 18.2 Å². The number of aliphatic hydroxyl groups excluding tert-OH is 1. The van der Waals surface area contributed by atoms with E-state index in [9.17, 15) is 14.7 Å². The normalized spacial score (nSPS) is 17.7. The van der Waals surface area contributed by atoms with Gasteiger partial charge in [-0.15, -0.1) is 10.2 Å². The third-order valence-electron chi connectivity index (χ3n) is 6.44. The number of methoxy groups -OCH3 is 1. The van der Waals surface area contributed by atoms with Gasteiger partial charge in [-0.25, -0.2) is 0 Å². The van der Waals surface area contributed by atoms with Gasteiger partial charge in [0.2, 0.25) is 17.6 Å². The first-order chi connectivity index (χ1) is 19.6. The second-order valence-electron chi connectivity index (χ2n) is 9.24. The number of aliphatic hydroxyl groups is 1. The van der Waals surface area contributed by atoms with E-state index < -0.39 is 12.9 Å². The van der Waals surface area contributed by atoms with Crippen LogP contribution >= 0.6 is 0 Å². The highest BCUT2D eigenvalue weighted by molar-refractivity contribution is 6.00. The lowest BCUT2D eigenvalue weighted by Gasteiger charge is -2.27. The number of para-hydroxylation sites is 1. The molecule has 1 saturated carbocycles. The molecule has 13 heteroatoms. The van der Waals surface area contributed by atoms with Crippen LogP contribution in [0.1, 0.15) is 46.2 Å². The summed E-state index contributed by atoms with van der Waals surface area (Å²) in [5, 5.41) is 29.3. The number of hydrogen-bond donors (Lipinski definition) is 4. The number of benzene rings is 1. The molecular formula is C25H30N8O5. The van der Waals surface area contributed by atoms with E-state index in [2.05, 4.69) is 35.9 Å². The van der Waals surface area contributed by atoms with Crippen molar-refractivity contribution in [1.82, 2.24) is 30.6 Å². The van der Waals surface area contributed by atoms with Gasteiger partial charge in [0.1, 0.15) is 0 Å². The summed E-state index contributed by atoms with van der Waals surface area (Å²) in [5.41, 5.74) is 0.673. The van der Waals surface area contributed by atoms with Crippen LogP contribution in [0.4, 0.5) is 17.2 Å². The average Bonchev–Trinajstić information content (AvgIpc) is 3.68. The number of nitrogens with one attached hydrogen (secondary N) is 3. The Balaban J connectivity index is 1.42. The summed E-state index contributed by atoms with van der Waals surface area (Å²) < 4.78 is 33.3. The molecule has 3 heterocycles. The zero-order chi connectivity index (χ0) is 29.1. The van der Waals surface area contributed by atoms with E-state index in [1.165, 1.54) is 13.2 Å². The Labute approximate surface area is 223 Å². The standard InChI is InChI=1S/C25H30N8O5/c1-26-25(36)21-18(12-19(30-31-21)28-24(35)14-6-7-14)27-17-5-3-4-16(22(17)37-2)23-29-20(38-32-23)13-33-10-8-15(34)9-11-33/h3-5,12,14-15,34H,6-11,13H2,1-2H3,(H,26,36)(H2,27,28,30,35)/i1D3. The summed E-state index contributed by atoms with van der Waals surface area (Å²) in [6.07, 6.45) is 2.65. The van der Waals surface area contributed by atoms with Crippen molar-refractivity contribution in [3.8, 4) is 17.1 Å². The molecule has 38 heavy (non-hydrogen) atoms. The Bertz CT molecular complexity index is 1420. The third-order valence-corrected chi connectivity index (χ3v) is 6.44. The molecule has 0 spiro atoms. The molecule has 200 valence electrons. The van der Waals surface area contributed by atoms with Crippen LogP contribution in [-0.4, -0.2) is 75.4 Å². The molecule has 1 aliphatic heterocycles. The monoisotopic (exact) mass is 525 g/mol. The SMILES string of the molecule is [2H]C([2H])([2H])NC(=O)c1nnc(NC(=O)C2CC2)cc1Nc1cccc(-c2noc(CN3CCC(O)CC3)n2)c1OC. The Morgan fingerprint density at radius 2 is 2.03 bits per heavy atom. The number of aromatic nitrogens is 4. The van der Waals surface area contributed by atoms with Gasteiger partial charge in [-0.05, 0) is 37.8 Å². The van der Waals surface area contributed by atoms with Crippen molar-refractivity contribution in [2.75, 3.05) is 37.8 Å². The number of hydrogen-bond acceptors (Lipinski definition) is 11. The van der Waals surface area contributed by atoms with Crippen molar-refractivity contribution in [2.45, 2.75) is 38.3 Å². The van der Waals surface area contributed by atoms with Gasteiger partial charge in [0, 0.05) is 36.2 Å². The lowest BCUT2D eigenvalue weighted by Crippen LogP contribution is -2.35. The average molecular weight is 526 g/mol. The minimum Gasteiger partial charge on any atom is -0.494 e. The summed E-state index contributed by atoms with van der Waals surface area (Å²) in [6, 6.07) is 6.53. The summed E-state index contributed by atoms with van der Waals surface area (Å²) in [7, 11) is 1.46. The molecule has 2 amide bonds. The molecule has 0 radical (unpaired) electrons. The summed E-state index contributed by atoms with van der Waals surface area (Å²) in [4.78, 5) is 31.7. The van der Waals surface area contributed by atoms with Crippen LogP contribution in [0.3, 0.4) is 0 Å². The number of likely N-dealkylation sites (tertiary alicyclic amines) is 1. The smallest absolute Gasteiger partial charge is 0.273 e. The van der Waals surface area contributed by atoms with Crippen molar-refractivity contribution < 1.29 is 28.1 Å². The van der Waals surface area contributed by atoms with Crippen LogP contribution < -0.4 is 20.7 Å². The molecule has 0 unspecified atom stereocenters. The number of nitrogens with zero attached hydrogens (tertiary/aromatic N) is 5. The fraction of sp³-hybridized carbons (Fsp3) is 0.440. The molecule has 1 saturated heterocycles.